The Morgan fingerprint density at radius 1 is 0.800 bits per heavy atom. The van der Waals surface area contributed by atoms with E-state index in [0.717, 1.165) is 0 Å². The summed E-state index contributed by atoms with van der Waals surface area (Å²) < 4.78 is 18.2. The van der Waals surface area contributed by atoms with Crippen LogP contribution in [-0.2, 0) is 49.1 Å². The van der Waals surface area contributed by atoms with Crippen molar-refractivity contribution in [3.8, 4) is 0 Å². The Balaban J connectivity index is -0.0000000442. The maximum Gasteiger partial charge on any atom is 1.00 e. The van der Waals surface area contributed by atoms with Crippen LogP contribution in [0.4, 0.5) is 0 Å². The van der Waals surface area contributed by atoms with Gasteiger partial charge in [-0.1, -0.05) is 0 Å². The van der Waals surface area contributed by atoms with Crippen LogP contribution in [0.3, 0.4) is 0 Å². The fourth-order valence-corrected chi connectivity index (χ4v) is 1.09. The number of carboxylic acids is 1. The molecule has 0 saturated carbocycles. The van der Waals surface area contributed by atoms with Gasteiger partial charge in [0.15, 0.2) is 6.10 Å². The summed E-state index contributed by atoms with van der Waals surface area (Å²) in [5.41, 5.74) is 0. The van der Waals surface area contributed by atoms with Gasteiger partial charge in [-0.3, -0.25) is 0 Å². The van der Waals surface area contributed by atoms with Gasteiger partial charge in [0, 0.05) is 0 Å². The van der Waals surface area contributed by atoms with Gasteiger partial charge in [-0.05, 0) is 27.7 Å². The van der Waals surface area contributed by atoms with Gasteiger partial charge in [-0.25, -0.2) is 19.2 Å². The van der Waals surface area contributed by atoms with Crippen LogP contribution in [-0.4, -0.2) is 153 Å². The fraction of sp³-hybridized carbons (Fsp3) is 0.800. The molecule has 0 aliphatic carbocycles. The Morgan fingerprint density at radius 2 is 1.12 bits per heavy atom. The quantitative estimate of drug-likeness (QED) is 0.0720. The molecule has 4 unspecified atom stereocenters. The molecule has 248 valence electrons. The van der Waals surface area contributed by atoms with E-state index in [4.69, 9.17) is 45.6 Å². The number of hydrogen-bond donors (Lipinski definition) is 8. The summed E-state index contributed by atoms with van der Waals surface area (Å²) in [6, 6.07) is 0. The van der Waals surface area contributed by atoms with Crippen molar-refractivity contribution in [2.45, 2.75) is 52.1 Å². The zero-order valence-electron chi connectivity index (χ0n) is 23.9. The van der Waals surface area contributed by atoms with Crippen LogP contribution in [0.5, 0.6) is 0 Å². The van der Waals surface area contributed by atoms with E-state index in [9.17, 15) is 19.2 Å². The lowest BCUT2D eigenvalue weighted by Crippen LogP contribution is -2.31. The molecule has 0 spiro atoms. The third kappa shape index (κ3) is 48.5. The predicted octanol–water partition coefficient (Wildman–Crippen LogP) is -5.91. The van der Waals surface area contributed by atoms with E-state index in [0.29, 0.717) is 13.2 Å². The number of esters is 3. The van der Waals surface area contributed by atoms with Crippen LogP contribution in [0.25, 0.3) is 0 Å². The minimum atomic E-state index is -1.23. The second-order valence-corrected chi connectivity index (χ2v) is 6.28. The number of hydrogen-bond acceptors (Lipinski definition) is 17. The molecule has 0 amide bonds. The molecule has 0 radical (unpaired) electrons. The first-order valence-corrected chi connectivity index (χ1v) is 10.5. The lowest BCUT2D eigenvalue weighted by atomic mass is 10.4. The van der Waals surface area contributed by atoms with Crippen molar-refractivity contribution < 1.29 is 102 Å². The number of ether oxygens (including phenoxy) is 4. The van der Waals surface area contributed by atoms with Crippen molar-refractivity contribution in [1.29, 1.82) is 0 Å². The molecule has 1 rings (SSSR count). The van der Waals surface area contributed by atoms with E-state index in [-0.39, 0.29) is 75.0 Å². The van der Waals surface area contributed by atoms with Crippen LogP contribution in [0.2, 0.25) is 0 Å². The number of aliphatic hydroxyl groups is 7. The Kier molecular flexibility index (Phi) is 58.6. The van der Waals surface area contributed by atoms with E-state index in [1.54, 1.807) is 6.92 Å². The maximum atomic E-state index is 10.4. The lowest BCUT2D eigenvalue weighted by Gasteiger charge is -2.17. The average Bonchev–Trinajstić information content (AvgIpc) is 2.83. The number of carbonyl (C=O) groups excluding carboxylic acids is 3. The highest BCUT2D eigenvalue weighted by Gasteiger charge is 2.18. The monoisotopic (exact) mass is 609 g/mol. The average molecular weight is 610 g/mol. The molecule has 1 fully saturated rings. The largest absolute Gasteiger partial charge is 1.00 e. The highest BCUT2D eigenvalue weighted by atomic mass is 16.6. The summed E-state index contributed by atoms with van der Waals surface area (Å²) in [4.78, 5) is 40.5. The SMILES string of the molecule is CC(O)C(=O)O.CC(O)C(=O)OCCO.CC(O)C(=O)OCCO.CC1OCCOC1=O.OCCO.[H+].[OH-].[OH-].[OH3+].[OH3+]. The molecule has 16 N–H and O–H groups in total. The molecular weight excluding hydrogens is 560 g/mol. The molecule has 20 heteroatoms. The number of cyclic esters (lactones) is 1. The first-order chi connectivity index (χ1) is 16.7. The number of carboxylic acid groups (broad SMARTS) is 1. The Hall–Kier alpha value is -2.60. The molecule has 1 aliphatic heterocycles. The molecule has 0 aromatic heterocycles. The van der Waals surface area contributed by atoms with Crippen molar-refractivity contribution in [2.24, 2.45) is 0 Å². The summed E-state index contributed by atoms with van der Waals surface area (Å²) in [6.07, 6.45) is -3.79. The molecule has 20 nitrogen and oxygen atoms in total. The molecule has 4 atom stereocenters. The van der Waals surface area contributed by atoms with Gasteiger partial charge in [0.05, 0.1) is 33.0 Å². The van der Waals surface area contributed by atoms with Gasteiger partial charge < -0.3 is 81.7 Å². The number of aliphatic hydroxyl groups excluding tert-OH is 7. The van der Waals surface area contributed by atoms with Gasteiger partial charge in [0.25, 0.3) is 0 Å². The van der Waals surface area contributed by atoms with E-state index >= 15 is 0 Å². The molecule has 40 heavy (non-hydrogen) atoms. The molecule has 1 saturated heterocycles. The van der Waals surface area contributed by atoms with Crippen molar-refractivity contribution in [1.82, 2.24) is 0 Å². The Morgan fingerprint density at radius 3 is 1.27 bits per heavy atom. The molecule has 0 aromatic rings. The van der Waals surface area contributed by atoms with Crippen molar-refractivity contribution in [3.63, 3.8) is 0 Å². The third-order valence-corrected chi connectivity index (χ3v) is 2.84. The highest BCUT2D eigenvalue weighted by molar-refractivity contribution is 5.74. The number of aliphatic carboxylic acids is 1. The smallest absolute Gasteiger partial charge is 0.870 e. The zero-order valence-corrected chi connectivity index (χ0v) is 22.9. The van der Waals surface area contributed by atoms with E-state index < -0.39 is 36.2 Å². The van der Waals surface area contributed by atoms with E-state index in [1.807, 2.05) is 0 Å². The van der Waals surface area contributed by atoms with Gasteiger partial charge in [0.2, 0.25) is 0 Å². The first-order valence-electron chi connectivity index (χ1n) is 10.5. The van der Waals surface area contributed by atoms with Crippen molar-refractivity contribution in [3.05, 3.63) is 0 Å². The summed E-state index contributed by atoms with van der Waals surface area (Å²) in [5.74, 6) is -2.85. The first kappa shape index (κ1) is 57.3. The number of carbonyl (C=O) groups is 4. The van der Waals surface area contributed by atoms with Gasteiger partial charge in [-0.15, -0.1) is 0 Å². The molecular formula is C20H49O20+. The van der Waals surface area contributed by atoms with Gasteiger partial charge in [0.1, 0.15) is 38.1 Å². The molecule has 0 aromatic carbocycles. The van der Waals surface area contributed by atoms with Crippen LogP contribution in [0.1, 0.15) is 29.1 Å². The second kappa shape index (κ2) is 40.9. The number of rotatable bonds is 8. The normalized spacial score (nSPS) is 14.5. The lowest BCUT2D eigenvalue weighted by molar-refractivity contribution is -0.169. The summed E-state index contributed by atoms with van der Waals surface area (Å²) in [6.45, 7) is 5.66. The minimum absolute atomic E-state index is 0. The standard InChI is InChI=1S/2C5H10O4.C5H8O3.C3H6O3.C2H6O2.4H2O/c2*1-4(7)5(8)9-3-2-6;1-4-5(6)8-3-2-7-4;1-2(4)3(5)6;3-1-2-4;;;;/h2*4,6-7H,2-3H2,1H3;4H,2-3H2,1H3;2,4H,1H3,(H,5,6);3-4H,1-2H2;4*1H2/p+1. The predicted molar refractivity (Wildman–Crippen MR) is 134 cm³/mol. The van der Waals surface area contributed by atoms with E-state index in [2.05, 4.69) is 14.2 Å². The van der Waals surface area contributed by atoms with Gasteiger partial charge >= 0.3 is 25.3 Å². The Labute approximate surface area is 232 Å². The van der Waals surface area contributed by atoms with Crippen molar-refractivity contribution in [2.75, 3.05) is 52.9 Å². The summed E-state index contributed by atoms with van der Waals surface area (Å²) in [5, 5.41) is 64.3. The van der Waals surface area contributed by atoms with Crippen LogP contribution < -0.4 is 0 Å². The van der Waals surface area contributed by atoms with E-state index in [1.165, 1.54) is 20.8 Å². The van der Waals surface area contributed by atoms with Crippen molar-refractivity contribution >= 4 is 23.9 Å². The maximum absolute atomic E-state index is 10.4. The molecule has 1 heterocycles. The van der Waals surface area contributed by atoms with Crippen LogP contribution >= 0.6 is 0 Å². The van der Waals surface area contributed by atoms with Gasteiger partial charge in [-0.2, -0.15) is 0 Å². The molecule has 1 aliphatic rings. The fourth-order valence-electron chi connectivity index (χ4n) is 1.09. The topological polar surface area (TPSA) is 393 Å². The minimum Gasteiger partial charge on any atom is -0.870 e. The van der Waals surface area contributed by atoms with Crippen LogP contribution in [0.15, 0.2) is 0 Å². The highest BCUT2D eigenvalue weighted by Crippen LogP contribution is 1.99. The third-order valence-electron chi connectivity index (χ3n) is 2.84. The zero-order chi connectivity index (χ0) is 29.1. The Bertz CT molecular complexity index is 535. The second-order valence-electron chi connectivity index (χ2n) is 6.28. The molecule has 0 bridgehead atoms. The summed E-state index contributed by atoms with van der Waals surface area (Å²) in [7, 11) is 0. The summed E-state index contributed by atoms with van der Waals surface area (Å²) >= 11 is 0. The van der Waals surface area contributed by atoms with Crippen LogP contribution in [0, 0.1) is 0 Å².